The second-order valence-electron chi connectivity index (χ2n) is 5.56. The lowest BCUT2D eigenvalue weighted by Gasteiger charge is -2.11. The van der Waals surface area contributed by atoms with Crippen molar-refractivity contribution in [2.75, 3.05) is 17.0 Å². The van der Waals surface area contributed by atoms with E-state index in [1.54, 1.807) is 0 Å². The zero-order valence-corrected chi connectivity index (χ0v) is 13.7. The smallest absolute Gasteiger partial charge is 0.232 e. The van der Waals surface area contributed by atoms with E-state index in [4.69, 9.17) is 0 Å². The number of nitrogens with one attached hydrogen (secondary N) is 2. The van der Waals surface area contributed by atoms with E-state index in [-0.39, 0.29) is 5.75 Å². The lowest BCUT2D eigenvalue weighted by atomic mass is 10.1. The lowest BCUT2D eigenvalue weighted by Crippen LogP contribution is -2.24. The van der Waals surface area contributed by atoms with Gasteiger partial charge in [0.25, 0.3) is 0 Å². The molecule has 0 spiro atoms. The molecule has 0 aliphatic rings. The van der Waals surface area contributed by atoms with Crippen molar-refractivity contribution < 1.29 is 8.42 Å². The fraction of sp³-hybridized carbons (Fsp3) is 0.600. The van der Waals surface area contributed by atoms with Crippen molar-refractivity contribution >= 4 is 15.7 Å². The summed E-state index contributed by atoms with van der Waals surface area (Å²) in [7, 11) is -3.25. The Morgan fingerprint density at radius 2 is 1.85 bits per heavy atom. The minimum atomic E-state index is -3.25. The molecular weight excluding hydrogens is 272 g/mol. The van der Waals surface area contributed by atoms with Gasteiger partial charge in [-0.25, -0.2) is 8.42 Å². The molecule has 0 saturated carbocycles. The zero-order chi connectivity index (χ0) is 15.2. The van der Waals surface area contributed by atoms with Crippen LogP contribution in [0.4, 0.5) is 5.69 Å². The van der Waals surface area contributed by atoms with Crippen molar-refractivity contribution in [2.45, 2.75) is 46.6 Å². The summed E-state index contributed by atoms with van der Waals surface area (Å²) >= 11 is 0. The van der Waals surface area contributed by atoms with Crippen LogP contribution in [-0.4, -0.2) is 26.8 Å². The average molecular weight is 298 g/mol. The fourth-order valence-electron chi connectivity index (χ4n) is 1.95. The van der Waals surface area contributed by atoms with E-state index in [0.29, 0.717) is 18.2 Å². The van der Waals surface area contributed by atoms with Gasteiger partial charge in [-0.1, -0.05) is 31.5 Å². The van der Waals surface area contributed by atoms with Crippen molar-refractivity contribution in [3.8, 4) is 0 Å². The minimum absolute atomic E-state index is 0.167. The molecule has 0 bridgehead atoms. The first-order chi connectivity index (χ1) is 9.30. The molecular formula is C15H26N2O2S. The molecule has 20 heavy (non-hydrogen) atoms. The van der Waals surface area contributed by atoms with Crippen LogP contribution in [0.2, 0.25) is 0 Å². The van der Waals surface area contributed by atoms with Crippen LogP contribution < -0.4 is 10.0 Å². The molecule has 0 aromatic heterocycles. The van der Waals surface area contributed by atoms with Gasteiger partial charge in [0.15, 0.2) is 0 Å². The Morgan fingerprint density at radius 3 is 2.45 bits per heavy atom. The van der Waals surface area contributed by atoms with E-state index in [2.05, 4.69) is 23.9 Å². The normalized spacial score (nSPS) is 11.8. The summed E-state index contributed by atoms with van der Waals surface area (Å²) in [6.45, 7) is 8.93. The first-order valence-corrected chi connectivity index (χ1v) is 8.76. The maximum Gasteiger partial charge on any atom is 0.232 e. The number of hydrogen-bond donors (Lipinski definition) is 2. The third-order valence-electron chi connectivity index (χ3n) is 3.04. The van der Waals surface area contributed by atoms with Crippen molar-refractivity contribution in [1.29, 1.82) is 0 Å². The summed E-state index contributed by atoms with van der Waals surface area (Å²) in [5.41, 5.74) is 2.76. The highest BCUT2D eigenvalue weighted by Gasteiger charge is 2.11. The Hall–Kier alpha value is -1.07. The quantitative estimate of drug-likeness (QED) is 0.726. The highest BCUT2D eigenvalue weighted by molar-refractivity contribution is 7.92. The van der Waals surface area contributed by atoms with Crippen LogP contribution >= 0.6 is 0 Å². The van der Waals surface area contributed by atoms with Gasteiger partial charge in [-0.15, -0.1) is 0 Å². The van der Waals surface area contributed by atoms with Crippen molar-refractivity contribution in [2.24, 2.45) is 0 Å². The maximum atomic E-state index is 12.0. The Kier molecular flexibility index (Phi) is 6.49. The van der Waals surface area contributed by atoms with Crippen LogP contribution in [0, 0.1) is 13.8 Å². The maximum absolute atomic E-state index is 12.0. The van der Waals surface area contributed by atoms with Gasteiger partial charge in [-0.05, 0) is 44.9 Å². The van der Waals surface area contributed by atoms with Gasteiger partial charge in [0.2, 0.25) is 10.0 Å². The van der Waals surface area contributed by atoms with Gasteiger partial charge >= 0.3 is 0 Å². The fourth-order valence-corrected chi connectivity index (χ4v) is 3.20. The largest absolute Gasteiger partial charge is 0.315 e. The van der Waals surface area contributed by atoms with Crippen LogP contribution in [0.25, 0.3) is 0 Å². The highest BCUT2D eigenvalue weighted by Crippen LogP contribution is 2.17. The Morgan fingerprint density at radius 1 is 1.15 bits per heavy atom. The second kappa shape index (κ2) is 7.64. The number of unbranched alkanes of at least 4 members (excludes halogenated alkanes) is 1. The van der Waals surface area contributed by atoms with E-state index in [1.807, 2.05) is 32.0 Å². The summed E-state index contributed by atoms with van der Waals surface area (Å²) in [4.78, 5) is 0. The van der Waals surface area contributed by atoms with Crippen molar-refractivity contribution in [1.82, 2.24) is 5.32 Å². The van der Waals surface area contributed by atoms with Gasteiger partial charge in [0, 0.05) is 6.04 Å². The third kappa shape index (κ3) is 6.39. The molecule has 0 unspecified atom stereocenters. The SMILES string of the molecule is Cc1ccc(NS(=O)(=O)CCCCNC(C)C)c(C)c1. The van der Waals surface area contributed by atoms with Crippen LogP contribution in [0.1, 0.15) is 37.8 Å². The van der Waals surface area contributed by atoms with E-state index in [1.165, 1.54) is 0 Å². The first kappa shape index (κ1) is 17.0. The first-order valence-electron chi connectivity index (χ1n) is 7.11. The van der Waals surface area contributed by atoms with E-state index < -0.39 is 10.0 Å². The molecule has 5 heteroatoms. The van der Waals surface area contributed by atoms with Gasteiger partial charge in [0.05, 0.1) is 11.4 Å². The summed E-state index contributed by atoms with van der Waals surface area (Å²) in [5.74, 6) is 0.167. The number of aryl methyl sites for hydroxylation is 2. The van der Waals surface area contributed by atoms with E-state index in [0.717, 1.165) is 24.1 Å². The number of anilines is 1. The predicted octanol–water partition coefficient (Wildman–Crippen LogP) is 2.82. The topological polar surface area (TPSA) is 58.2 Å². The summed E-state index contributed by atoms with van der Waals surface area (Å²) in [5, 5.41) is 3.28. The molecule has 0 radical (unpaired) electrons. The highest BCUT2D eigenvalue weighted by atomic mass is 32.2. The molecule has 0 saturated heterocycles. The van der Waals surface area contributed by atoms with Crippen LogP contribution in [0.15, 0.2) is 18.2 Å². The predicted molar refractivity (Wildman–Crippen MR) is 85.7 cm³/mol. The molecule has 0 aliphatic carbocycles. The number of benzene rings is 1. The van der Waals surface area contributed by atoms with Gasteiger partial charge in [0.1, 0.15) is 0 Å². The average Bonchev–Trinajstić information content (AvgIpc) is 2.32. The van der Waals surface area contributed by atoms with Crippen molar-refractivity contribution in [3.05, 3.63) is 29.3 Å². The van der Waals surface area contributed by atoms with Gasteiger partial charge < -0.3 is 5.32 Å². The van der Waals surface area contributed by atoms with Crippen LogP contribution in [0.5, 0.6) is 0 Å². The summed E-state index contributed by atoms with van der Waals surface area (Å²) < 4.78 is 26.7. The molecule has 114 valence electrons. The molecule has 1 rings (SSSR count). The molecule has 2 N–H and O–H groups in total. The Labute approximate surface area is 123 Å². The summed E-state index contributed by atoms with van der Waals surface area (Å²) in [6.07, 6.45) is 1.53. The Bertz CT molecular complexity index is 525. The molecule has 1 aromatic carbocycles. The molecule has 4 nitrogen and oxygen atoms in total. The Balaban J connectivity index is 2.45. The molecule has 0 heterocycles. The van der Waals surface area contributed by atoms with Gasteiger partial charge in [-0.2, -0.15) is 0 Å². The summed E-state index contributed by atoms with van der Waals surface area (Å²) in [6, 6.07) is 6.16. The lowest BCUT2D eigenvalue weighted by molar-refractivity contribution is 0.561. The molecule has 0 fully saturated rings. The van der Waals surface area contributed by atoms with E-state index in [9.17, 15) is 8.42 Å². The van der Waals surface area contributed by atoms with Crippen LogP contribution in [0.3, 0.4) is 0 Å². The molecule has 0 aliphatic heterocycles. The number of rotatable bonds is 8. The zero-order valence-electron chi connectivity index (χ0n) is 12.9. The second-order valence-corrected chi connectivity index (χ2v) is 7.40. The van der Waals surface area contributed by atoms with Crippen LogP contribution in [-0.2, 0) is 10.0 Å². The molecule has 0 amide bonds. The monoisotopic (exact) mass is 298 g/mol. The third-order valence-corrected chi connectivity index (χ3v) is 4.40. The van der Waals surface area contributed by atoms with E-state index >= 15 is 0 Å². The molecule has 1 aromatic rings. The van der Waals surface area contributed by atoms with Gasteiger partial charge in [-0.3, -0.25) is 4.72 Å². The number of hydrogen-bond acceptors (Lipinski definition) is 3. The van der Waals surface area contributed by atoms with Crippen molar-refractivity contribution in [3.63, 3.8) is 0 Å². The minimum Gasteiger partial charge on any atom is -0.315 e. The number of sulfonamides is 1. The standard InChI is InChI=1S/C15H26N2O2S/c1-12(2)16-9-5-6-10-20(18,19)17-15-8-7-13(3)11-14(15)4/h7-8,11-12,16-17H,5-6,9-10H2,1-4H3. The molecule has 0 atom stereocenters.